The summed E-state index contributed by atoms with van der Waals surface area (Å²) < 4.78 is 0. The molecule has 0 aliphatic heterocycles. The predicted molar refractivity (Wildman–Crippen MR) is 72.9 cm³/mol. The SMILES string of the molecule is CCN(c1nc(C)cc(C)c1C(=N)N)C(C)C. The first-order valence-electron chi connectivity index (χ1n) is 5.97. The molecule has 1 aromatic heterocycles. The molecule has 0 saturated heterocycles. The van der Waals surface area contributed by atoms with Crippen LogP contribution >= 0.6 is 0 Å². The topological polar surface area (TPSA) is 66.0 Å². The van der Waals surface area contributed by atoms with E-state index in [1.54, 1.807) is 0 Å². The number of hydrogen-bond acceptors (Lipinski definition) is 3. The summed E-state index contributed by atoms with van der Waals surface area (Å²) in [7, 11) is 0. The molecule has 0 radical (unpaired) electrons. The number of nitrogens with two attached hydrogens (primary N) is 1. The number of nitrogen functional groups attached to an aromatic ring is 1. The summed E-state index contributed by atoms with van der Waals surface area (Å²) in [5, 5.41) is 7.71. The second-order valence-corrected chi connectivity index (χ2v) is 4.57. The molecule has 3 N–H and O–H groups in total. The van der Waals surface area contributed by atoms with Crippen LogP contribution in [0.15, 0.2) is 6.07 Å². The first-order valence-corrected chi connectivity index (χ1v) is 5.97. The Morgan fingerprint density at radius 2 is 2.06 bits per heavy atom. The second-order valence-electron chi connectivity index (χ2n) is 4.57. The van der Waals surface area contributed by atoms with Crippen molar-refractivity contribution in [3.05, 3.63) is 22.9 Å². The Labute approximate surface area is 103 Å². The lowest BCUT2D eigenvalue weighted by Gasteiger charge is -2.29. The molecule has 0 fully saturated rings. The van der Waals surface area contributed by atoms with Crippen LogP contribution in [0.1, 0.15) is 37.6 Å². The van der Waals surface area contributed by atoms with Crippen molar-refractivity contribution in [2.24, 2.45) is 5.73 Å². The molecule has 1 heterocycles. The molecule has 0 aliphatic carbocycles. The van der Waals surface area contributed by atoms with Crippen molar-refractivity contribution < 1.29 is 0 Å². The van der Waals surface area contributed by atoms with Crippen LogP contribution in [0.2, 0.25) is 0 Å². The Morgan fingerprint density at radius 1 is 1.47 bits per heavy atom. The van der Waals surface area contributed by atoms with E-state index in [2.05, 4.69) is 30.7 Å². The number of aryl methyl sites for hydroxylation is 2. The summed E-state index contributed by atoms with van der Waals surface area (Å²) in [5.74, 6) is 0.914. The minimum absolute atomic E-state index is 0.0871. The van der Waals surface area contributed by atoms with Gasteiger partial charge in [-0.1, -0.05) is 0 Å². The molecule has 0 aliphatic rings. The van der Waals surface area contributed by atoms with Crippen LogP contribution in [0.4, 0.5) is 5.82 Å². The molecule has 0 atom stereocenters. The molecule has 1 rings (SSSR count). The van der Waals surface area contributed by atoms with Gasteiger partial charge >= 0.3 is 0 Å². The van der Waals surface area contributed by atoms with E-state index in [0.717, 1.165) is 29.2 Å². The van der Waals surface area contributed by atoms with E-state index < -0.39 is 0 Å². The van der Waals surface area contributed by atoms with Crippen molar-refractivity contribution in [1.82, 2.24) is 4.98 Å². The third kappa shape index (κ3) is 2.75. The highest BCUT2D eigenvalue weighted by Crippen LogP contribution is 2.23. The van der Waals surface area contributed by atoms with Gasteiger partial charge in [-0.3, -0.25) is 5.41 Å². The maximum atomic E-state index is 7.71. The second kappa shape index (κ2) is 5.17. The van der Waals surface area contributed by atoms with Gasteiger partial charge in [-0.2, -0.15) is 0 Å². The standard InChI is InChI=1S/C13H22N4/c1-6-17(8(2)3)13-11(12(14)15)9(4)7-10(5)16-13/h7-8H,6H2,1-5H3,(H3,14,15). The summed E-state index contributed by atoms with van der Waals surface area (Å²) in [5.41, 5.74) is 8.40. The van der Waals surface area contributed by atoms with Crippen molar-refractivity contribution >= 4 is 11.7 Å². The van der Waals surface area contributed by atoms with Crippen LogP contribution < -0.4 is 10.6 Å². The zero-order chi connectivity index (χ0) is 13.2. The first kappa shape index (κ1) is 13.5. The number of nitrogens with zero attached hydrogens (tertiary/aromatic N) is 2. The number of anilines is 1. The number of pyridine rings is 1. The van der Waals surface area contributed by atoms with Crippen LogP contribution in [-0.2, 0) is 0 Å². The van der Waals surface area contributed by atoms with Crippen LogP contribution in [0.3, 0.4) is 0 Å². The van der Waals surface area contributed by atoms with Gasteiger partial charge in [-0.15, -0.1) is 0 Å². The molecule has 4 heteroatoms. The Morgan fingerprint density at radius 3 is 2.47 bits per heavy atom. The Kier molecular flexibility index (Phi) is 4.10. The van der Waals surface area contributed by atoms with Crippen LogP contribution in [0.5, 0.6) is 0 Å². The number of aromatic nitrogens is 1. The molecule has 94 valence electrons. The highest BCUT2D eigenvalue weighted by atomic mass is 15.2. The van der Waals surface area contributed by atoms with E-state index in [0.29, 0.717) is 6.04 Å². The Balaban J connectivity index is 3.43. The highest BCUT2D eigenvalue weighted by Gasteiger charge is 2.18. The van der Waals surface area contributed by atoms with Crippen molar-refractivity contribution in [1.29, 1.82) is 5.41 Å². The van der Waals surface area contributed by atoms with Crippen LogP contribution in [0, 0.1) is 19.3 Å². The normalized spacial score (nSPS) is 10.7. The lowest BCUT2D eigenvalue weighted by Crippen LogP contribution is -2.34. The van der Waals surface area contributed by atoms with Crippen LogP contribution in [0.25, 0.3) is 0 Å². The number of nitrogens with one attached hydrogen (secondary N) is 1. The third-order valence-corrected chi connectivity index (χ3v) is 2.83. The fourth-order valence-electron chi connectivity index (χ4n) is 2.12. The first-order chi connectivity index (χ1) is 7.88. The van der Waals surface area contributed by atoms with Crippen molar-refractivity contribution in [2.75, 3.05) is 11.4 Å². The monoisotopic (exact) mass is 234 g/mol. The number of amidine groups is 1. The Bertz CT molecular complexity index is 424. The summed E-state index contributed by atoms with van der Waals surface area (Å²) >= 11 is 0. The fraction of sp³-hybridized carbons (Fsp3) is 0.538. The molecule has 4 nitrogen and oxygen atoms in total. The van der Waals surface area contributed by atoms with E-state index in [1.165, 1.54) is 0 Å². The molecular weight excluding hydrogens is 212 g/mol. The molecule has 0 aromatic carbocycles. The van der Waals surface area contributed by atoms with E-state index in [9.17, 15) is 0 Å². The van der Waals surface area contributed by atoms with Gasteiger partial charge < -0.3 is 10.6 Å². The zero-order valence-electron chi connectivity index (χ0n) is 11.3. The quantitative estimate of drug-likeness (QED) is 0.620. The van der Waals surface area contributed by atoms with E-state index >= 15 is 0 Å². The van der Waals surface area contributed by atoms with E-state index in [-0.39, 0.29) is 5.84 Å². The summed E-state index contributed by atoms with van der Waals surface area (Å²) in [6, 6.07) is 2.31. The molecule has 0 amide bonds. The third-order valence-electron chi connectivity index (χ3n) is 2.83. The molecule has 17 heavy (non-hydrogen) atoms. The molecule has 0 unspecified atom stereocenters. The van der Waals surface area contributed by atoms with Crippen molar-refractivity contribution in [2.45, 2.75) is 40.7 Å². The summed E-state index contributed by atoms with van der Waals surface area (Å²) in [6.07, 6.45) is 0. The van der Waals surface area contributed by atoms with Gasteiger partial charge in [0.25, 0.3) is 0 Å². The lowest BCUT2D eigenvalue weighted by atomic mass is 10.1. The molecular formula is C13H22N4. The van der Waals surface area contributed by atoms with Gasteiger partial charge in [0.2, 0.25) is 0 Å². The largest absolute Gasteiger partial charge is 0.384 e. The van der Waals surface area contributed by atoms with Gasteiger partial charge in [-0.05, 0) is 46.2 Å². The maximum Gasteiger partial charge on any atom is 0.140 e. The highest BCUT2D eigenvalue weighted by molar-refractivity contribution is 6.01. The molecule has 1 aromatic rings. The van der Waals surface area contributed by atoms with E-state index in [1.807, 2.05) is 19.9 Å². The maximum absolute atomic E-state index is 7.71. The van der Waals surface area contributed by atoms with Crippen molar-refractivity contribution in [3.8, 4) is 0 Å². The van der Waals surface area contributed by atoms with E-state index in [4.69, 9.17) is 11.1 Å². The number of rotatable bonds is 4. The van der Waals surface area contributed by atoms with Gasteiger partial charge in [0.05, 0.1) is 5.56 Å². The average Bonchev–Trinajstić information content (AvgIpc) is 2.15. The summed E-state index contributed by atoms with van der Waals surface area (Å²) in [6.45, 7) is 11.1. The zero-order valence-corrected chi connectivity index (χ0v) is 11.3. The van der Waals surface area contributed by atoms with Gasteiger partial charge in [0, 0.05) is 18.3 Å². The Hall–Kier alpha value is -1.58. The minimum Gasteiger partial charge on any atom is -0.384 e. The van der Waals surface area contributed by atoms with Gasteiger partial charge in [-0.25, -0.2) is 4.98 Å². The molecule has 0 bridgehead atoms. The molecule has 0 saturated carbocycles. The minimum atomic E-state index is 0.0871. The van der Waals surface area contributed by atoms with Crippen molar-refractivity contribution in [3.63, 3.8) is 0 Å². The van der Waals surface area contributed by atoms with Gasteiger partial charge in [0.15, 0.2) is 0 Å². The lowest BCUT2D eigenvalue weighted by molar-refractivity contribution is 0.691. The van der Waals surface area contributed by atoms with Gasteiger partial charge in [0.1, 0.15) is 11.7 Å². The fourth-order valence-corrected chi connectivity index (χ4v) is 2.12. The predicted octanol–water partition coefficient (Wildman–Crippen LogP) is 2.22. The number of hydrogen-bond donors (Lipinski definition) is 2. The van der Waals surface area contributed by atoms with Crippen LogP contribution in [-0.4, -0.2) is 23.4 Å². The molecule has 0 spiro atoms. The summed E-state index contributed by atoms with van der Waals surface area (Å²) in [4.78, 5) is 6.72. The smallest absolute Gasteiger partial charge is 0.140 e. The average molecular weight is 234 g/mol.